The van der Waals surface area contributed by atoms with Crippen molar-refractivity contribution in [1.29, 1.82) is 0 Å². The van der Waals surface area contributed by atoms with Gasteiger partial charge < -0.3 is 4.57 Å². The van der Waals surface area contributed by atoms with Gasteiger partial charge in [0.15, 0.2) is 0 Å². The lowest BCUT2D eigenvalue weighted by Crippen LogP contribution is -2.34. The number of aromatic nitrogens is 2. The van der Waals surface area contributed by atoms with Crippen LogP contribution in [0.3, 0.4) is 0 Å². The van der Waals surface area contributed by atoms with E-state index in [4.69, 9.17) is 6.42 Å². The molecular formula is C9H10BrN3. The second-order valence-electron chi connectivity index (χ2n) is 3.06. The molecule has 0 aromatic carbocycles. The van der Waals surface area contributed by atoms with Crippen molar-refractivity contribution in [2.24, 2.45) is 0 Å². The summed E-state index contributed by atoms with van der Waals surface area (Å²) in [7, 11) is 0. The van der Waals surface area contributed by atoms with E-state index in [9.17, 15) is 0 Å². The zero-order valence-corrected chi connectivity index (χ0v) is 8.79. The number of terminal acetylenes is 1. The highest BCUT2D eigenvalue weighted by Gasteiger charge is 2.17. The Morgan fingerprint density at radius 3 is 3.23 bits per heavy atom. The highest BCUT2D eigenvalue weighted by atomic mass is 79.9. The molecule has 2 rings (SSSR count). The Balaban J connectivity index is 2.17. The van der Waals surface area contributed by atoms with E-state index in [1.54, 1.807) is 0 Å². The highest BCUT2D eigenvalue weighted by molar-refractivity contribution is 9.10. The fourth-order valence-electron chi connectivity index (χ4n) is 1.54. The smallest absolute Gasteiger partial charge is 0.123 e. The predicted octanol–water partition coefficient (Wildman–Crippen LogP) is 1.09. The maximum absolute atomic E-state index is 5.26. The van der Waals surface area contributed by atoms with Gasteiger partial charge in [-0.3, -0.25) is 4.90 Å². The Hall–Kier alpha value is -0.790. The molecule has 0 saturated carbocycles. The van der Waals surface area contributed by atoms with Gasteiger partial charge in [0.2, 0.25) is 0 Å². The van der Waals surface area contributed by atoms with Crippen LogP contribution in [0.5, 0.6) is 0 Å². The summed E-state index contributed by atoms with van der Waals surface area (Å²) in [5.74, 6) is 3.74. The van der Waals surface area contributed by atoms with Gasteiger partial charge in [-0.05, 0) is 15.9 Å². The normalized spacial score (nSPS) is 16.6. The summed E-state index contributed by atoms with van der Waals surface area (Å²) in [6, 6.07) is 0. The lowest BCUT2D eigenvalue weighted by molar-refractivity contribution is 0.241. The predicted molar refractivity (Wildman–Crippen MR) is 54.0 cm³/mol. The third-order valence-corrected chi connectivity index (χ3v) is 2.84. The number of fused-ring (bicyclic) bond motifs is 1. The lowest BCUT2D eigenvalue weighted by Gasteiger charge is -2.25. The fraction of sp³-hybridized carbons (Fsp3) is 0.444. The van der Waals surface area contributed by atoms with Crippen LogP contribution in [0.25, 0.3) is 0 Å². The topological polar surface area (TPSA) is 21.1 Å². The highest BCUT2D eigenvalue weighted by Crippen LogP contribution is 2.17. The van der Waals surface area contributed by atoms with Crippen molar-refractivity contribution < 1.29 is 0 Å². The summed E-state index contributed by atoms with van der Waals surface area (Å²) >= 11 is 3.45. The van der Waals surface area contributed by atoms with Crippen LogP contribution in [0, 0.1) is 12.3 Å². The molecule has 0 unspecified atom stereocenters. The monoisotopic (exact) mass is 239 g/mol. The Labute approximate surface area is 85.9 Å². The average molecular weight is 240 g/mol. The van der Waals surface area contributed by atoms with Gasteiger partial charge in [-0.2, -0.15) is 0 Å². The Morgan fingerprint density at radius 1 is 1.62 bits per heavy atom. The van der Waals surface area contributed by atoms with Gasteiger partial charge in [-0.1, -0.05) is 5.92 Å². The summed E-state index contributed by atoms with van der Waals surface area (Å²) in [6.45, 7) is 3.55. The van der Waals surface area contributed by atoms with E-state index < -0.39 is 0 Å². The third kappa shape index (κ3) is 1.62. The molecule has 0 amide bonds. The molecule has 1 aliphatic heterocycles. The van der Waals surface area contributed by atoms with E-state index in [1.165, 1.54) is 0 Å². The largest absolute Gasteiger partial charge is 0.320 e. The Morgan fingerprint density at radius 2 is 2.46 bits per heavy atom. The minimum atomic E-state index is 0.713. The van der Waals surface area contributed by atoms with E-state index in [-0.39, 0.29) is 0 Å². The number of rotatable bonds is 1. The maximum Gasteiger partial charge on any atom is 0.123 e. The van der Waals surface area contributed by atoms with Gasteiger partial charge in [0, 0.05) is 13.1 Å². The van der Waals surface area contributed by atoms with Crippen molar-refractivity contribution in [2.45, 2.75) is 13.1 Å². The van der Waals surface area contributed by atoms with Crippen LogP contribution in [0.2, 0.25) is 0 Å². The maximum atomic E-state index is 5.26. The van der Waals surface area contributed by atoms with Crippen LogP contribution in [0.15, 0.2) is 10.8 Å². The fourth-order valence-corrected chi connectivity index (χ4v) is 2.02. The quantitative estimate of drug-likeness (QED) is 0.685. The van der Waals surface area contributed by atoms with Crippen LogP contribution in [-0.4, -0.2) is 27.5 Å². The molecule has 0 N–H and O–H groups in total. The van der Waals surface area contributed by atoms with Crippen molar-refractivity contribution in [1.82, 2.24) is 14.5 Å². The van der Waals surface area contributed by atoms with Gasteiger partial charge in [0.1, 0.15) is 10.4 Å². The standard InChI is InChI=1S/C9H10BrN3/c1-2-3-12-4-5-13-8(10)6-11-9(13)7-12/h1,6H,3-5,7H2. The van der Waals surface area contributed by atoms with E-state index >= 15 is 0 Å². The minimum absolute atomic E-state index is 0.713. The molecule has 68 valence electrons. The van der Waals surface area contributed by atoms with E-state index in [2.05, 4.69) is 36.3 Å². The van der Waals surface area contributed by atoms with Crippen LogP contribution >= 0.6 is 15.9 Å². The molecule has 0 radical (unpaired) electrons. The molecule has 0 aliphatic carbocycles. The van der Waals surface area contributed by atoms with Crippen molar-refractivity contribution in [3.8, 4) is 12.3 Å². The van der Waals surface area contributed by atoms with E-state index in [1.807, 2.05) is 6.20 Å². The molecule has 2 heterocycles. The van der Waals surface area contributed by atoms with E-state index in [0.29, 0.717) is 6.54 Å². The molecule has 13 heavy (non-hydrogen) atoms. The lowest BCUT2D eigenvalue weighted by atomic mass is 10.3. The van der Waals surface area contributed by atoms with Gasteiger partial charge in [0.05, 0.1) is 19.3 Å². The van der Waals surface area contributed by atoms with Crippen LogP contribution in [-0.2, 0) is 13.1 Å². The van der Waals surface area contributed by atoms with Crippen molar-refractivity contribution in [3.05, 3.63) is 16.6 Å². The molecular weight excluding hydrogens is 230 g/mol. The van der Waals surface area contributed by atoms with Crippen LogP contribution in [0.4, 0.5) is 0 Å². The van der Waals surface area contributed by atoms with Crippen LogP contribution in [0.1, 0.15) is 5.82 Å². The molecule has 1 aromatic rings. The number of hydrogen-bond donors (Lipinski definition) is 0. The van der Waals surface area contributed by atoms with Crippen molar-refractivity contribution >= 4 is 15.9 Å². The van der Waals surface area contributed by atoms with Crippen LogP contribution < -0.4 is 0 Å². The summed E-state index contributed by atoms with van der Waals surface area (Å²) in [5, 5.41) is 0. The molecule has 0 spiro atoms. The molecule has 0 saturated heterocycles. The molecule has 0 atom stereocenters. The first-order valence-corrected chi connectivity index (χ1v) is 4.96. The summed E-state index contributed by atoms with van der Waals surface area (Å²) in [4.78, 5) is 6.51. The molecule has 1 aromatic heterocycles. The first-order valence-electron chi connectivity index (χ1n) is 4.17. The van der Waals surface area contributed by atoms with Gasteiger partial charge in [0.25, 0.3) is 0 Å². The molecule has 1 aliphatic rings. The molecule has 4 heteroatoms. The molecule has 0 bridgehead atoms. The minimum Gasteiger partial charge on any atom is -0.320 e. The summed E-state index contributed by atoms with van der Waals surface area (Å²) in [5.41, 5.74) is 0. The average Bonchev–Trinajstić information content (AvgIpc) is 2.48. The number of imidazole rings is 1. The summed E-state index contributed by atoms with van der Waals surface area (Å²) < 4.78 is 3.23. The molecule has 0 fully saturated rings. The van der Waals surface area contributed by atoms with Crippen molar-refractivity contribution in [2.75, 3.05) is 13.1 Å². The Bertz CT molecular complexity index is 350. The third-order valence-electron chi connectivity index (χ3n) is 2.21. The van der Waals surface area contributed by atoms with E-state index in [0.717, 1.165) is 30.1 Å². The number of hydrogen-bond acceptors (Lipinski definition) is 2. The second kappa shape index (κ2) is 3.52. The van der Waals surface area contributed by atoms with Gasteiger partial charge in [-0.15, -0.1) is 6.42 Å². The van der Waals surface area contributed by atoms with Crippen molar-refractivity contribution in [3.63, 3.8) is 0 Å². The Kier molecular flexibility index (Phi) is 2.38. The second-order valence-corrected chi connectivity index (χ2v) is 3.88. The van der Waals surface area contributed by atoms with Gasteiger partial charge >= 0.3 is 0 Å². The van der Waals surface area contributed by atoms with Gasteiger partial charge in [-0.25, -0.2) is 4.98 Å². The summed E-state index contributed by atoms with van der Waals surface area (Å²) in [6.07, 6.45) is 7.10. The zero-order chi connectivity index (χ0) is 9.26. The number of halogens is 1. The first kappa shape index (κ1) is 8.79. The zero-order valence-electron chi connectivity index (χ0n) is 7.20. The molecule has 3 nitrogen and oxygen atoms in total. The number of nitrogens with zero attached hydrogens (tertiary/aromatic N) is 3. The SMILES string of the molecule is C#CCN1CCn2c(Br)cnc2C1. The first-order chi connectivity index (χ1) is 6.31.